The molecule has 4 saturated carbocycles. The van der Waals surface area contributed by atoms with Gasteiger partial charge >= 0.3 is 5.97 Å². The SMILES string of the molecule is CO[C@]12CCC(N[C@@H](CC(C)C)C(=O)OC(C)(C)C)[C@@H]3OC4C(O)CCC5CC1N(CC1CC1)CC[C@]32C54. The molecule has 6 aliphatic rings. The highest BCUT2D eigenvalue weighted by molar-refractivity contribution is 5.76. The number of hydrogen-bond acceptors (Lipinski definition) is 7. The number of ether oxygens (including phenoxy) is 3. The van der Waals surface area contributed by atoms with Gasteiger partial charge in [-0.1, -0.05) is 13.8 Å². The van der Waals surface area contributed by atoms with E-state index in [0.717, 1.165) is 57.4 Å². The molecule has 1 spiro atoms. The highest BCUT2D eigenvalue weighted by atomic mass is 16.6. The average molecular weight is 533 g/mol. The van der Waals surface area contributed by atoms with Crippen molar-refractivity contribution in [1.29, 1.82) is 0 Å². The fourth-order valence-corrected chi connectivity index (χ4v) is 9.79. The van der Waals surface area contributed by atoms with E-state index >= 15 is 0 Å². The Hall–Kier alpha value is -0.730. The summed E-state index contributed by atoms with van der Waals surface area (Å²) in [6.07, 6.45) is 8.88. The van der Waals surface area contributed by atoms with E-state index in [1.54, 1.807) is 0 Å². The summed E-state index contributed by atoms with van der Waals surface area (Å²) in [6, 6.07) is 0.0927. The predicted octanol–water partition coefficient (Wildman–Crippen LogP) is 3.91. The Bertz CT molecular complexity index is 901. The van der Waals surface area contributed by atoms with Crippen LogP contribution in [0.3, 0.4) is 0 Å². The van der Waals surface area contributed by atoms with Gasteiger partial charge in [-0.25, -0.2) is 0 Å². The zero-order valence-electron chi connectivity index (χ0n) is 24.6. The number of aliphatic hydroxyl groups is 1. The van der Waals surface area contributed by atoms with Crippen LogP contribution in [0.4, 0.5) is 0 Å². The summed E-state index contributed by atoms with van der Waals surface area (Å²) in [5.74, 6) is 1.95. The Morgan fingerprint density at radius 2 is 1.92 bits per heavy atom. The van der Waals surface area contributed by atoms with Crippen LogP contribution in [0, 0.1) is 29.1 Å². The van der Waals surface area contributed by atoms with Gasteiger partial charge in [0.1, 0.15) is 11.6 Å². The van der Waals surface area contributed by atoms with E-state index in [2.05, 4.69) is 24.1 Å². The van der Waals surface area contributed by atoms with E-state index in [-0.39, 0.29) is 41.3 Å². The monoisotopic (exact) mass is 532 g/mol. The Labute approximate surface area is 229 Å². The number of aliphatic hydroxyl groups excluding tert-OH is 1. The third-order valence-corrected chi connectivity index (χ3v) is 11.1. The fourth-order valence-electron chi connectivity index (χ4n) is 9.79. The first kappa shape index (κ1) is 27.4. The first-order valence-corrected chi connectivity index (χ1v) is 15.6. The number of likely N-dealkylation sites (tertiary alicyclic amines) is 1. The first-order chi connectivity index (χ1) is 18.0. The third kappa shape index (κ3) is 4.29. The number of nitrogens with zero attached hydrogens (tertiary/aromatic N) is 1. The number of carbonyl (C=O) groups is 1. The number of methoxy groups -OCH3 is 1. The van der Waals surface area contributed by atoms with Gasteiger partial charge in [0.2, 0.25) is 0 Å². The molecule has 0 radical (unpaired) electrons. The number of carbonyl (C=O) groups excluding carboxylic acids is 1. The van der Waals surface area contributed by atoms with Gasteiger partial charge in [0.25, 0.3) is 0 Å². The van der Waals surface area contributed by atoms with Crippen molar-refractivity contribution < 1.29 is 24.1 Å². The van der Waals surface area contributed by atoms with E-state index in [1.807, 2.05) is 27.9 Å². The van der Waals surface area contributed by atoms with Crippen LogP contribution in [0.15, 0.2) is 0 Å². The maximum Gasteiger partial charge on any atom is 0.323 e. The quantitative estimate of drug-likeness (QED) is 0.459. The molecular weight excluding hydrogens is 480 g/mol. The van der Waals surface area contributed by atoms with Gasteiger partial charge in [0, 0.05) is 37.1 Å². The smallest absolute Gasteiger partial charge is 0.323 e. The molecule has 7 heteroatoms. The van der Waals surface area contributed by atoms with E-state index < -0.39 is 11.7 Å². The predicted molar refractivity (Wildman–Crippen MR) is 146 cm³/mol. The lowest BCUT2D eigenvalue weighted by Crippen LogP contribution is -2.79. The van der Waals surface area contributed by atoms with Crippen LogP contribution in [0.2, 0.25) is 0 Å². The minimum Gasteiger partial charge on any atom is -0.459 e. The molecular formula is C31H52N2O5. The molecule has 2 N–H and O–H groups in total. The topological polar surface area (TPSA) is 80.3 Å². The molecule has 4 aliphatic carbocycles. The molecule has 7 nitrogen and oxygen atoms in total. The van der Waals surface area contributed by atoms with Crippen molar-refractivity contribution in [1.82, 2.24) is 10.2 Å². The molecule has 0 amide bonds. The molecule has 10 atom stereocenters. The number of piperidine rings is 1. The van der Waals surface area contributed by atoms with Crippen molar-refractivity contribution >= 4 is 5.97 Å². The molecule has 216 valence electrons. The molecule has 6 rings (SSSR count). The number of rotatable bonds is 8. The number of nitrogens with one attached hydrogen (secondary N) is 1. The van der Waals surface area contributed by atoms with Crippen molar-refractivity contribution in [3.63, 3.8) is 0 Å². The summed E-state index contributed by atoms with van der Waals surface area (Å²) in [5.41, 5.74) is -0.908. The van der Waals surface area contributed by atoms with Crippen molar-refractivity contribution in [3.8, 4) is 0 Å². The second-order valence-electron chi connectivity index (χ2n) is 15.1. The van der Waals surface area contributed by atoms with Gasteiger partial charge in [-0.3, -0.25) is 15.0 Å². The summed E-state index contributed by atoms with van der Waals surface area (Å²) in [7, 11) is 1.94. The molecule has 2 aliphatic heterocycles. The van der Waals surface area contributed by atoms with Crippen LogP contribution in [0.1, 0.15) is 92.4 Å². The van der Waals surface area contributed by atoms with Crippen molar-refractivity contribution in [3.05, 3.63) is 0 Å². The molecule has 0 aromatic rings. The zero-order valence-corrected chi connectivity index (χ0v) is 24.6. The zero-order chi connectivity index (χ0) is 27.0. The summed E-state index contributed by atoms with van der Waals surface area (Å²) in [6.45, 7) is 12.4. The van der Waals surface area contributed by atoms with Gasteiger partial charge in [0.05, 0.1) is 23.9 Å². The van der Waals surface area contributed by atoms with Crippen LogP contribution in [0.5, 0.6) is 0 Å². The molecule has 2 bridgehead atoms. The normalized spacial score (nSPS) is 45.1. The minimum absolute atomic E-state index is 0.0433. The summed E-state index contributed by atoms with van der Waals surface area (Å²) >= 11 is 0. The van der Waals surface area contributed by atoms with E-state index in [1.165, 1.54) is 19.4 Å². The van der Waals surface area contributed by atoms with Crippen molar-refractivity contribution in [2.24, 2.45) is 29.1 Å². The van der Waals surface area contributed by atoms with Gasteiger partial charge in [-0.2, -0.15) is 0 Å². The molecule has 6 fully saturated rings. The van der Waals surface area contributed by atoms with Gasteiger partial charge in [0.15, 0.2) is 0 Å². The molecule has 0 aromatic heterocycles. The molecule has 38 heavy (non-hydrogen) atoms. The Morgan fingerprint density at radius 3 is 2.58 bits per heavy atom. The van der Waals surface area contributed by atoms with Crippen LogP contribution in [-0.2, 0) is 19.0 Å². The minimum atomic E-state index is -0.522. The lowest BCUT2D eigenvalue weighted by Gasteiger charge is -2.70. The fraction of sp³-hybridized carbons (Fsp3) is 0.968. The highest BCUT2D eigenvalue weighted by Crippen LogP contribution is 2.70. The number of hydrogen-bond donors (Lipinski definition) is 2. The Morgan fingerprint density at radius 1 is 1.16 bits per heavy atom. The van der Waals surface area contributed by atoms with Gasteiger partial charge < -0.3 is 19.3 Å². The molecule has 2 heterocycles. The van der Waals surface area contributed by atoms with E-state index in [4.69, 9.17) is 14.2 Å². The molecule has 0 aromatic carbocycles. The van der Waals surface area contributed by atoms with E-state index in [9.17, 15) is 9.90 Å². The summed E-state index contributed by atoms with van der Waals surface area (Å²) in [4.78, 5) is 16.2. The average Bonchev–Trinajstić information content (AvgIpc) is 3.58. The van der Waals surface area contributed by atoms with Crippen LogP contribution < -0.4 is 5.32 Å². The Balaban J connectivity index is 1.35. The van der Waals surface area contributed by atoms with E-state index in [0.29, 0.717) is 23.8 Å². The lowest BCUT2D eigenvalue weighted by molar-refractivity contribution is -0.272. The number of esters is 1. The second-order valence-corrected chi connectivity index (χ2v) is 15.1. The van der Waals surface area contributed by atoms with Crippen molar-refractivity contribution in [2.75, 3.05) is 20.2 Å². The maximum atomic E-state index is 13.4. The Kier molecular flexibility index (Phi) is 6.99. The van der Waals surface area contributed by atoms with Crippen LogP contribution in [0.25, 0.3) is 0 Å². The summed E-state index contributed by atoms with van der Waals surface area (Å²) < 4.78 is 19.7. The highest BCUT2D eigenvalue weighted by Gasteiger charge is 2.78. The summed E-state index contributed by atoms with van der Waals surface area (Å²) in [5, 5.41) is 15.0. The molecule has 2 saturated heterocycles. The van der Waals surface area contributed by atoms with Gasteiger partial charge in [-0.15, -0.1) is 0 Å². The van der Waals surface area contributed by atoms with Crippen LogP contribution in [-0.4, -0.2) is 83.8 Å². The third-order valence-electron chi connectivity index (χ3n) is 11.1. The largest absolute Gasteiger partial charge is 0.459 e. The first-order valence-electron chi connectivity index (χ1n) is 15.6. The van der Waals surface area contributed by atoms with Crippen LogP contribution >= 0.6 is 0 Å². The molecule has 6 unspecified atom stereocenters. The second kappa shape index (κ2) is 9.68. The van der Waals surface area contributed by atoms with Crippen molar-refractivity contribution in [2.45, 2.75) is 140 Å². The lowest BCUT2D eigenvalue weighted by atomic mass is 9.42. The standard InChI is InChI=1S/C31H52N2O5/c1-18(2)15-22(28(35)38-29(3,4)5)32-21-11-12-31(36-6)24-16-20-9-10-23(34)26-25(20)30(31,27(21)37-26)13-14-33(24)17-19-7-8-19/h18-27,32,34H,7-17H2,1-6H3/t20?,21?,22-,23?,24?,25?,26?,27-,30-,31+/m0/s1. The maximum absolute atomic E-state index is 13.4. The van der Waals surface area contributed by atoms with Gasteiger partial charge in [-0.05, 0) is 103 Å².